The fraction of sp³-hybridized carbons (Fsp3) is 0.318. The Morgan fingerprint density at radius 3 is 2.45 bits per heavy atom. The van der Waals surface area contributed by atoms with Gasteiger partial charge in [0.05, 0.1) is 23.8 Å². The molecule has 0 saturated heterocycles. The number of para-hydroxylation sites is 2. The maximum Gasteiger partial charge on any atom is 0.275 e. The lowest BCUT2D eigenvalue weighted by molar-refractivity contribution is -0.902. The summed E-state index contributed by atoms with van der Waals surface area (Å²) in [5.41, 5.74) is 3.79. The van der Waals surface area contributed by atoms with Crippen molar-refractivity contribution >= 4 is 39.1 Å². The number of thiazole rings is 1. The maximum atomic E-state index is 12.3. The maximum absolute atomic E-state index is 12.3. The fourth-order valence-electron chi connectivity index (χ4n) is 3.13. The monoisotopic (exact) mass is 411 g/mol. The molecule has 3 aromatic rings. The van der Waals surface area contributed by atoms with Crippen molar-refractivity contribution < 1.29 is 14.5 Å². The number of amides is 2. The first kappa shape index (κ1) is 21.0. The second-order valence-corrected chi connectivity index (χ2v) is 8.42. The highest BCUT2D eigenvalue weighted by molar-refractivity contribution is 7.18. The molecule has 1 aromatic heterocycles. The number of hydrogen-bond donors (Lipinski definition) is 3. The van der Waals surface area contributed by atoms with Crippen molar-refractivity contribution in [3.8, 4) is 0 Å². The van der Waals surface area contributed by atoms with E-state index in [4.69, 9.17) is 0 Å². The lowest BCUT2D eigenvalue weighted by Gasteiger charge is -2.19. The van der Waals surface area contributed by atoms with Crippen LogP contribution in [0.25, 0.3) is 10.2 Å². The van der Waals surface area contributed by atoms with E-state index in [-0.39, 0.29) is 30.9 Å². The van der Waals surface area contributed by atoms with Crippen LogP contribution < -0.4 is 15.5 Å². The molecule has 29 heavy (non-hydrogen) atoms. The van der Waals surface area contributed by atoms with E-state index in [1.807, 2.05) is 57.3 Å². The van der Waals surface area contributed by atoms with E-state index in [0.717, 1.165) is 36.9 Å². The molecule has 2 atom stereocenters. The highest BCUT2D eigenvalue weighted by Crippen LogP contribution is 2.24. The average Bonchev–Trinajstić information content (AvgIpc) is 3.13. The van der Waals surface area contributed by atoms with E-state index in [1.54, 1.807) is 11.3 Å². The minimum atomic E-state index is -0.229. The molecule has 0 fully saturated rings. The third-order valence-electron chi connectivity index (χ3n) is 5.05. The number of nitrogens with one attached hydrogen (secondary N) is 3. The van der Waals surface area contributed by atoms with Gasteiger partial charge in [-0.05, 0) is 44.0 Å². The van der Waals surface area contributed by atoms with Gasteiger partial charge < -0.3 is 15.5 Å². The number of rotatable bonds is 7. The summed E-state index contributed by atoms with van der Waals surface area (Å²) in [5.74, 6) is -0.389. The molecule has 1 heterocycles. The molecule has 1 unspecified atom stereocenters. The van der Waals surface area contributed by atoms with Gasteiger partial charge in [-0.25, -0.2) is 4.98 Å². The Labute approximate surface area is 174 Å². The van der Waals surface area contributed by atoms with Crippen LogP contribution >= 0.6 is 11.3 Å². The number of benzene rings is 2. The third-order valence-corrected chi connectivity index (χ3v) is 6.27. The van der Waals surface area contributed by atoms with Gasteiger partial charge in [-0.1, -0.05) is 30.3 Å². The summed E-state index contributed by atoms with van der Waals surface area (Å²) in [5, 5.41) is 6.60. The van der Waals surface area contributed by atoms with Crippen LogP contribution in [0.1, 0.15) is 29.1 Å². The molecule has 0 spiro atoms. The minimum Gasteiger partial charge on any atom is -0.342 e. The molecule has 152 valence electrons. The van der Waals surface area contributed by atoms with E-state index in [2.05, 4.69) is 28.6 Å². The van der Waals surface area contributed by atoms with Gasteiger partial charge in [0.25, 0.3) is 5.91 Å². The Bertz CT molecular complexity index is 977. The molecule has 2 aromatic carbocycles. The van der Waals surface area contributed by atoms with Crippen molar-refractivity contribution in [3.05, 3.63) is 58.6 Å². The summed E-state index contributed by atoms with van der Waals surface area (Å²) >= 11 is 1.66. The first-order chi connectivity index (χ1) is 13.8. The summed E-state index contributed by atoms with van der Waals surface area (Å²) in [4.78, 5) is 30.2. The lowest BCUT2D eigenvalue weighted by atomic mass is 10.1. The van der Waals surface area contributed by atoms with Crippen LogP contribution in [-0.2, 0) is 9.59 Å². The second kappa shape index (κ2) is 9.15. The number of quaternary nitrogens is 1. The molecule has 0 aliphatic rings. The molecular weight excluding hydrogens is 384 g/mol. The zero-order valence-corrected chi connectivity index (χ0v) is 18.0. The predicted molar refractivity (Wildman–Crippen MR) is 117 cm³/mol. The van der Waals surface area contributed by atoms with Crippen molar-refractivity contribution in [1.29, 1.82) is 0 Å². The minimum absolute atomic E-state index is 0.0462. The smallest absolute Gasteiger partial charge is 0.275 e. The van der Waals surface area contributed by atoms with Gasteiger partial charge in [0.1, 0.15) is 6.04 Å². The molecule has 0 aliphatic carbocycles. The topological polar surface area (TPSA) is 75.5 Å². The SMILES string of the molecule is Cc1cccc(C)c1NC(=O)CNC(=O)C[NH+](C)[C@@H](C)c1nc2ccccc2s1. The summed E-state index contributed by atoms with van der Waals surface area (Å²) in [6, 6.07) is 14.0. The normalized spacial score (nSPS) is 13.1. The molecule has 0 aliphatic heterocycles. The molecule has 7 heteroatoms. The van der Waals surface area contributed by atoms with Crippen molar-refractivity contribution in [2.75, 3.05) is 25.5 Å². The number of fused-ring (bicyclic) bond motifs is 1. The van der Waals surface area contributed by atoms with Crippen LogP contribution in [0.3, 0.4) is 0 Å². The first-order valence-corrected chi connectivity index (χ1v) is 10.5. The zero-order valence-electron chi connectivity index (χ0n) is 17.2. The summed E-state index contributed by atoms with van der Waals surface area (Å²) in [6.45, 7) is 6.18. The van der Waals surface area contributed by atoms with Crippen molar-refractivity contribution in [2.24, 2.45) is 0 Å². The summed E-state index contributed by atoms with van der Waals surface area (Å²) < 4.78 is 1.15. The Balaban J connectivity index is 1.51. The summed E-state index contributed by atoms with van der Waals surface area (Å²) in [6.07, 6.45) is 0. The number of aryl methyl sites for hydroxylation is 2. The quantitative estimate of drug-likeness (QED) is 0.558. The van der Waals surface area contributed by atoms with Crippen LogP contribution in [0.5, 0.6) is 0 Å². The number of hydrogen-bond acceptors (Lipinski definition) is 4. The second-order valence-electron chi connectivity index (χ2n) is 7.36. The van der Waals surface area contributed by atoms with E-state index in [0.29, 0.717) is 0 Å². The Kier molecular flexibility index (Phi) is 6.61. The number of anilines is 1. The molecule has 0 radical (unpaired) electrons. The highest BCUT2D eigenvalue weighted by Gasteiger charge is 2.22. The summed E-state index contributed by atoms with van der Waals surface area (Å²) in [7, 11) is 1.97. The van der Waals surface area contributed by atoms with Gasteiger partial charge in [-0.3, -0.25) is 9.59 Å². The predicted octanol–water partition coefficient (Wildman–Crippen LogP) is 2.24. The van der Waals surface area contributed by atoms with Gasteiger partial charge in [0.15, 0.2) is 11.6 Å². The number of likely N-dealkylation sites (N-methyl/N-ethyl adjacent to an activating group) is 1. The average molecular weight is 412 g/mol. The molecule has 3 N–H and O–H groups in total. The molecule has 0 bridgehead atoms. The Morgan fingerprint density at radius 2 is 1.76 bits per heavy atom. The Hall–Kier alpha value is -2.77. The third kappa shape index (κ3) is 5.19. The number of carbonyl (C=O) groups excluding carboxylic acids is 2. The van der Waals surface area contributed by atoms with Gasteiger partial charge in [-0.2, -0.15) is 0 Å². The van der Waals surface area contributed by atoms with E-state index in [1.165, 1.54) is 0 Å². The van der Waals surface area contributed by atoms with Crippen LogP contribution in [0, 0.1) is 13.8 Å². The molecule has 6 nitrogen and oxygen atoms in total. The van der Waals surface area contributed by atoms with Crippen LogP contribution in [-0.4, -0.2) is 36.9 Å². The van der Waals surface area contributed by atoms with Gasteiger partial charge >= 0.3 is 0 Å². The van der Waals surface area contributed by atoms with Crippen molar-refractivity contribution in [1.82, 2.24) is 10.3 Å². The van der Waals surface area contributed by atoms with Gasteiger partial charge in [-0.15, -0.1) is 11.3 Å². The van der Waals surface area contributed by atoms with Crippen LogP contribution in [0.2, 0.25) is 0 Å². The zero-order chi connectivity index (χ0) is 21.0. The first-order valence-electron chi connectivity index (χ1n) is 9.65. The van der Waals surface area contributed by atoms with Gasteiger partial charge in [0, 0.05) is 5.69 Å². The highest BCUT2D eigenvalue weighted by atomic mass is 32.1. The van der Waals surface area contributed by atoms with Crippen molar-refractivity contribution in [2.45, 2.75) is 26.8 Å². The Morgan fingerprint density at radius 1 is 1.07 bits per heavy atom. The number of nitrogens with zero attached hydrogens (tertiary/aromatic N) is 1. The largest absolute Gasteiger partial charge is 0.342 e. The van der Waals surface area contributed by atoms with E-state index >= 15 is 0 Å². The molecule has 3 rings (SSSR count). The van der Waals surface area contributed by atoms with Crippen molar-refractivity contribution in [3.63, 3.8) is 0 Å². The molecular formula is C22H27N4O2S+. The van der Waals surface area contributed by atoms with E-state index in [9.17, 15) is 9.59 Å². The van der Waals surface area contributed by atoms with Crippen LogP contribution in [0.4, 0.5) is 5.69 Å². The van der Waals surface area contributed by atoms with E-state index < -0.39 is 0 Å². The number of aromatic nitrogens is 1. The van der Waals surface area contributed by atoms with Gasteiger partial charge in [0.2, 0.25) is 5.91 Å². The standard InChI is InChI=1S/C22H26N4O2S/c1-14-8-7-9-15(2)21(14)25-19(27)12-23-20(28)13-26(4)16(3)22-24-17-10-5-6-11-18(17)29-22/h5-11,16H,12-13H2,1-4H3,(H,23,28)(H,25,27)/p+1/t16-/m0/s1. The van der Waals surface area contributed by atoms with Crippen LogP contribution in [0.15, 0.2) is 42.5 Å². The molecule has 0 saturated carbocycles. The molecule has 2 amide bonds. The fourth-order valence-corrected chi connectivity index (χ4v) is 4.24. The lowest BCUT2D eigenvalue weighted by Crippen LogP contribution is -3.10. The number of carbonyl (C=O) groups is 2.